The van der Waals surface area contributed by atoms with E-state index in [-0.39, 0.29) is 6.04 Å². The average molecular weight is 328 g/mol. The third kappa shape index (κ3) is 4.31. The fraction of sp³-hybridized carbons (Fsp3) is 0.643. The molecule has 1 aliphatic rings. The second-order valence-electron chi connectivity index (χ2n) is 5.82. The number of likely N-dealkylation sites (tertiary alicyclic amines) is 1. The Morgan fingerprint density at radius 1 is 1.26 bits per heavy atom. The Hall–Kier alpha value is -1.90. The quantitative estimate of drug-likeness (QED) is 0.843. The average Bonchev–Trinajstić information content (AvgIpc) is 3.12. The van der Waals surface area contributed by atoms with Gasteiger partial charge in [0, 0.05) is 18.4 Å². The molecule has 0 spiro atoms. The summed E-state index contributed by atoms with van der Waals surface area (Å²) in [6.45, 7) is 0.977. The molecule has 2 aromatic rings. The first-order chi connectivity index (χ1) is 11.0. The smallest absolute Gasteiger partial charge is 0.325 e. The van der Waals surface area contributed by atoms with Gasteiger partial charge in [0.1, 0.15) is 25.0 Å². The number of imidazole rings is 1. The van der Waals surface area contributed by atoms with Crippen LogP contribution in [0.25, 0.3) is 0 Å². The molecule has 0 N–H and O–H groups in total. The third-order valence-electron chi connectivity index (χ3n) is 4.11. The molecule has 3 rings (SSSR count). The van der Waals surface area contributed by atoms with Gasteiger partial charge in [0.05, 0.1) is 13.1 Å². The number of rotatable bonds is 5. The molecular weight excluding hydrogens is 309 g/mol. The van der Waals surface area contributed by atoms with Gasteiger partial charge < -0.3 is 4.57 Å². The Kier molecular flexibility index (Phi) is 4.65. The van der Waals surface area contributed by atoms with E-state index in [1.54, 1.807) is 11.0 Å². The summed E-state index contributed by atoms with van der Waals surface area (Å²) in [5, 5.41) is 4.12. The van der Waals surface area contributed by atoms with Crippen molar-refractivity contribution < 1.29 is 13.2 Å². The molecule has 23 heavy (non-hydrogen) atoms. The lowest BCUT2D eigenvalue weighted by atomic mass is 10.0. The zero-order chi connectivity index (χ0) is 16.3. The molecule has 9 heteroatoms. The van der Waals surface area contributed by atoms with Crippen LogP contribution in [0.1, 0.15) is 25.1 Å². The van der Waals surface area contributed by atoms with Crippen molar-refractivity contribution in [1.82, 2.24) is 29.2 Å². The minimum atomic E-state index is -4.24. The Bertz CT molecular complexity index is 606. The van der Waals surface area contributed by atoms with Crippen LogP contribution in [-0.2, 0) is 19.6 Å². The molecule has 1 saturated heterocycles. The van der Waals surface area contributed by atoms with Gasteiger partial charge in [-0.1, -0.05) is 6.42 Å². The fourth-order valence-corrected chi connectivity index (χ4v) is 3.03. The van der Waals surface area contributed by atoms with Crippen LogP contribution in [0.5, 0.6) is 0 Å². The highest BCUT2D eigenvalue weighted by Gasteiger charge is 2.30. The molecule has 0 amide bonds. The van der Waals surface area contributed by atoms with E-state index in [0.717, 1.165) is 25.8 Å². The third-order valence-corrected chi connectivity index (χ3v) is 4.11. The van der Waals surface area contributed by atoms with Gasteiger partial charge in [-0.25, -0.2) is 9.97 Å². The summed E-state index contributed by atoms with van der Waals surface area (Å²) in [7, 11) is 0. The topological polar surface area (TPSA) is 51.8 Å². The maximum absolute atomic E-state index is 12.6. The molecule has 1 atom stereocenters. The Balaban J connectivity index is 1.68. The second-order valence-corrected chi connectivity index (χ2v) is 5.82. The van der Waals surface area contributed by atoms with Gasteiger partial charge in [-0.05, 0) is 19.4 Å². The van der Waals surface area contributed by atoms with Crippen molar-refractivity contribution in [3.63, 3.8) is 0 Å². The lowest BCUT2D eigenvalue weighted by Crippen LogP contribution is -2.42. The van der Waals surface area contributed by atoms with Crippen LogP contribution in [0, 0.1) is 0 Å². The number of alkyl halides is 3. The lowest BCUT2D eigenvalue weighted by Gasteiger charge is -2.35. The molecule has 6 nitrogen and oxygen atoms in total. The number of piperidine rings is 1. The van der Waals surface area contributed by atoms with Gasteiger partial charge in [-0.15, -0.1) is 0 Å². The molecule has 2 aromatic heterocycles. The predicted molar refractivity (Wildman–Crippen MR) is 76.4 cm³/mol. The number of hydrogen-bond donors (Lipinski definition) is 0. The number of aromatic nitrogens is 5. The van der Waals surface area contributed by atoms with E-state index >= 15 is 0 Å². The maximum atomic E-state index is 12.6. The highest BCUT2D eigenvalue weighted by atomic mass is 19.4. The summed E-state index contributed by atoms with van der Waals surface area (Å²) in [6, 6.07) is 0.237. The molecule has 0 bridgehead atoms. The first kappa shape index (κ1) is 16.0. The van der Waals surface area contributed by atoms with Crippen molar-refractivity contribution >= 4 is 0 Å². The van der Waals surface area contributed by atoms with Gasteiger partial charge in [0.25, 0.3) is 0 Å². The highest BCUT2D eigenvalue weighted by molar-refractivity contribution is 4.94. The van der Waals surface area contributed by atoms with Crippen molar-refractivity contribution in [3.8, 4) is 0 Å². The fourth-order valence-electron chi connectivity index (χ4n) is 3.03. The van der Waals surface area contributed by atoms with Gasteiger partial charge in [0.2, 0.25) is 0 Å². The van der Waals surface area contributed by atoms with Gasteiger partial charge >= 0.3 is 6.18 Å². The predicted octanol–water partition coefficient (Wildman–Crippen LogP) is 2.09. The summed E-state index contributed by atoms with van der Waals surface area (Å²) in [5.41, 5.74) is 0. The van der Waals surface area contributed by atoms with Gasteiger partial charge in [-0.2, -0.15) is 18.3 Å². The molecule has 0 unspecified atom stereocenters. The Morgan fingerprint density at radius 3 is 2.87 bits per heavy atom. The monoisotopic (exact) mass is 328 g/mol. The summed E-state index contributed by atoms with van der Waals surface area (Å²) < 4.78 is 40.8. The van der Waals surface area contributed by atoms with Crippen LogP contribution >= 0.6 is 0 Å². The normalized spacial score (nSPS) is 20.0. The van der Waals surface area contributed by atoms with Crippen molar-refractivity contribution in [1.29, 1.82) is 0 Å². The highest BCUT2D eigenvalue weighted by Crippen LogP contribution is 2.22. The summed E-state index contributed by atoms with van der Waals surface area (Å²) in [4.78, 5) is 10.2. The molecule has 1 fully saturated rings. The van der Waals surface area contributed by atoms with E-state index in [4.69, 9.17) is 0 Å². The minimum absolute atomic E-state index is 0.237. The van der Waals surface area contributed by atoms with Gasteiger partial charge in [-0.3, -0.25) is 9.58 Å². The largest absolute Gasteiger partial charge is 0.406 e. The molecule has 0 saturated carbocycles. The summed E-state index contributed by atoms with van der Waals surface area (Å²) in [5.74, 6) is 0.452. The van der Waals surface area contributed by atoms with Crippen molar-refractivity contribution in [3.05, 3.63) is 30.9 Å². The molecule has 126 valence electrons. The van der Waals surface area contributed by atoms with Crippen molar-refractivity contribution in [2.75, 3.05) is 6.54 Å². The molecule has 3 heterocycles. The molecule has 0 radical (unpaired) electrons. The van der Waals surface area contributed by atoms with E-state index in [0.29, 0.717) is 18.9 Å². The van der Waals surface area contributed by atoms with E-state index in [1.807, 2.05) is 0 Å². The molecular formula is C14H19F3N6. The van der Waals surface area contributed by atoms with Gasteiger partial charge in [0.15, 0.2) is 0 Å². The van der Waals surface area contributed by atoms with E-state index in [1.165, 1.54) is 23.3 Å². The molecule has 0 aromatic carbocycles. The second kappa shape index (κ2) is 6.69. The SMILES string of the molecule is FC(F)(F)Cn1ccnc1CN1CCCC[C@H]1Cn1cncn1. The van der Waals surface area contributed by atoms with Crippen LogP contribution in [0.3, 0.4) is 0 Å². The van der Waals surface area contributed by atoms with Crippen LogP contribution in [0.4, 0.5) is 13.2 Å². The maximum Gasteiger partial charge on any atom is 0.406 e. The Labute approximate surface area is 131 Å². The zero-order valence-electron chi connectivity index (χ0n) is 12.7. The van der Waals surface area contributed by atoms with Crippen LogP contribution in [0.2, 0.25) is 0 Å². The number of nitrogens with zero attached hydrogens (tertiary/aromatic N) is 6. The van der Waals surface area contributed by atoms with E-state index < -0.39 is 12.7 Å². The zero-order valence-corrected chi connectivity index (χ0v) is 12.7. The van der Waals surface area contributed by atoms with Crippen LogP contribution in [-0.4, -0.2) is 48.0 Å². The van der Waals surface area contributed by atoms with E-state index in [9.17, 15) is 13.2 Å². The number of hydrogen-bond acceptors (Lipinski definition) is 4. The Morgan fingerprint density at radius 2 is 2.13 bits per heavy atom. The summed E-state index contributed by atoms with van der Waals surface area (Å²) >= 11 is 0. The van der Waals surface area contributed by atoms with Crippen LogP contribution < -0.4 is 0 Å². The van der Waals surface area contributed by atoms with Crippen molar-refractivity contribution in [2.45, 2.75) is 51.1 Å². The lowest BCUT2D eigenvalue weighted by molar-refractivity contribution is -0.141. The van der Waals surface area contributed by atoms with E-state index in [2.05, 4.69) is 20.0 Å². The first-order valence-corrected chi connectivity index (χ1v) is 7.64. The number of halogens is 3. The standard InChI is InChI=1S/C14H19F3N6/c15-14(16,17)9-22-6-4-19-13(22)8-21-5-2-1-3-12(21)7-23-11-18-10-20-23/h4,6,10-12H,1-3,5,7-9H2/t12-/m0/s1. The van der Waals surface area contributed by atoms with Crippen molar-refractivity contribution in [2.24, 2.45) is 0 Å². The first-order valence-electron chi connectivity index (χ1n) is 7.64. The van der Waals surface area contributed by atoms with Crippen LogP contribution in [0.15, 0.2) is 25.0 Å². The summed E-state index contributed by atoms with van der Waals surface area (Å²) in [6.07, 6.45) is 4.90. The minimum Gasteiger partial charge on any atom is -0.325 e. The molecule has 0 aliphatic carbocycles. The molecule has 1 aliphatic heterocycles.